The van der Waals surface area contributed by atoms with Crippen LogP contribution in [0.3, 0.4) is 0 Å². The van der Waals surface area contributed by atoms with Crippen LogP contribution in [-0.2, 0) is 9.59 Å². The van der Waals surface area contributed by atoms with Crippen molar-refractivity contribution in [3.05, 3.63) is 88.3 Å². The van der Waals surface area contributed by atoms with Gasteiger partial charge in [-0.25, -0.2) is 0 Å². The molecule has 0 saturated carbocycles. The first-order chi connectivity index (χ1) is 16.4. The maximum atomic E-state index is 12.9. The molecule has 0 aliphatic carbocycles. The van der Waals surface area contributed by atoms with Crippen LogP contribution in [0.2, 0.25) is 5.02 Å². The summed E-state index contributed by atoms with van der Waals surface area (Å²) in [6.45, 7) is -0.162. The lowest BCUT2D eigenvalue weighted by atomic mass is 10.2. The van der Waals surface area contributed by atoms with E-state index in [1.54, 1.807) is 86.0 Å². The minimum Gasteiger partial charge on any atom is -0.497 e. The molecule has 0 spiro atoms. The molecule has 0 atom stereocenters. The Morgan fingerprint density at radius 2 is 1.74 bits per heavy atom. The van der Waals surface area contributed by atoms with Gasteiger partial charge in [0.2, 0.25) is 0 Å². The van der Waals surface area contributed by atoms with Crippen molar-refractivity contribution in [2.24, 2.45) is 0 Å². The summed E-state index contributed by atoms with van der Waals surface area (Å²) in [5, 5.41) is 3.16. The number of rotatable bonds is 7. The highest BCUT2D eigenvalue weighted by Crippen LogP contribution is 2.36. The molecule has 3 aromatic rings. The number of carbonyl (C=O) groups is 2. The van der Waals surface area contributed by atoms with Crippen LogP contribution in [-0.4, -0.2) is 29.9 Å². The summed E-state index contributed by atoms with van der Waals surface area (Å²) >= 11 is 12.7. The summed E-state index contributed by atoms with van der Waals surface area (Å²) in [5.41, 5.74) is 2.02. The van der Waals surface area contributed by atoms with Gasteiger partial charge in [-0.05, 0) is 60.2 Å². The van der Waals surface area contributed by atoms with Crippen molar-refractivity contribution in [2.75, 3.05) is 23.9 Å². The minimum absolute atomic E-state index is 0.162. The molecule has 34 heavy (non-hydrogen) atoms. The van der Waals surface area contributed by atoms with Crippen LogP contribution in [0, 0.1) is 0 Å². The molecular formula is C25H19ClN2O4S2. The van der Waals surface area contributed by atoms with Crippen molar-refractivity contribution >= 4 is 69.2 Å². The molecule has 9 heteroatoms. The summed E-state index contributed by atoms with van der Waals surface area (Å²) in [4.78, 5) is 27.1. The third-order valence-corrected chi connectivity index (χ3v) is 6.45. The van der Waals surface area contributed by atoms with Crippen LogP contribution in [0.25, 0.3) is 6.08 Å². The van der Waals surface area contributed by atoms with Crippen LogP contribution >= 0.6 is 35.6 Å². The lowest BCUT2D eigenvalue weighted by Gasteiger charge is -2.14. The van der Waals surface area contributed by atoms with Crippen LogP contribution in [0.4, 0.5) is 11.4 Å². The monoisotopic (exact) mass is 510 g/mol. The fraction of sp³-hybridized carbons (Fsp3) is 0.0800. The molecule has 1 aliphatic rings. The summed E-state index contributed by atoms with van der Waals surface area (Å²) in [7, 11) is 1.59. The van der Waals surface area contributed by atoms with E-state index >= 15 is 0 Å². The average Bonchev–Trinajstić information content (AvgIpc) is 3.12. The van der Waals surface area contributed by atoms with E-state index in [2.05, 4.69) is 5.32 Å². The maximum Gasteiger partial charge on any atom is 0.270 e. The number of carbonyl (C=O) groups excluding carboxylic acids is 2. The first kappa shape index (κ1) is 23.8. The molecule has 0 radical (unpaired) electrons. The number of methoxy groups -OCH3 is 1. The van der Waals surface area contributed by atoms with E-state index in [1.165, 1.54) is 16.7 Å². The Kier molecular flexibility index (Phi) is 7.52. The second kappa shape index (κ2) is 10.7. The number of amides is 2. The molecule has 1 N–H and O–H groups in total. The van der Waals surface area contributed by atoms with Gasteiger partial charge >= 0.3 is 0 Å². The molecule has 0 aromatic heterocycles. The largest absolute Gasteiger partial charge is 0.497 e. The predicted molar refractivity (Wildman–Crippen MR) is 141 cm³/mol. The van der Waals surface area contributed by atoms with Crippen molar-refractivity contribution in [1.82, 2.24) is 0 Å². The summed E-state index contributed by atoms with van der Waals surface area (Å²) in [6.07, 6.45) is 1.77. The molecule has 172 valence electrons. The molecule has 1 fully saturated rings. The lowest BCUT2D eigenvalue weighted by Crippen LogP contribution is -2.27. The molecule has 4 rings (SSSR count). The van der Waals surface area contributed by atoms with E-state index in [0.29, 0.717) is 37.1 Å². The van der Waals surface area contributed by atoms with Crippen molar-refractivity contribution in [1.29, 1.82) is 0 Å². The SMILES string of the molecule is COc1ccc(N2C(=O)/C(=C/c3ccc(OCC(=O)Nc4ccccc4Cl)cc3)SC2=S)cc1. The first-order valence-electron chi connectivity index (χ1n) is 10.1. The highest BCUT2D eigenvalue weighted by molar-refractivity contribution is 8.27. The van der Waals surface area contributed by atoms with Gasteiger partial charge in [0.05, 0.1) is 28.4 Å². The van der Waals surface area contributed by atoms with Gasteiger partial charge in [-0.3, -0.25) is 14.5 Å². The highest BCUT2D eigenvalue weighted by atomic mass is 35.5. The summed E-state index contributed by atoms with van der Waals surface area (Å²) in [5.74, 6) is 0.724. The smallest absolute Gasteiger partial charge is 0.270 e. The fourth-order valence-corrected chi connectivity index (χ4v) is 4.61. The zero-order valence-corrected chi connectivity index (χ0v) is 20.4. The Hall–Kier alpha value is -3.33. The Morgan fingerprint density at radius 1 is 1.06 bits per heavy atom. The van der Waals surface area contributed by atoms with Crippen molar-refractivity contribution < 1.29 is 19.1 Å². The lowest BCUT2D eigenvalue weighted by molar-refractivity contribution is -0.118. The minimum atomic E-state index is -0.320. The van der Waals surface area contributed by atoms with Crippen molar-refractivity contribution in [2.45, 2.75) is 0 Å². The van der Waals surface area contributed by atoms with Crippen molar-refractivity contribution in [3.8, 4) is 11.5 Å². The predicted octanol–water partition coefficient (Wildman–Crippen LogP) is 5.77. The van der Waals surface area contributed by atoms with E-state index in [1.807, 2.05) is 0 Å². The van der Waals surface area contributed by atoms with Gasteiger partial charge in [-0.1, -0.05) is 59.8 Å². The maximum absolute atomic E-state index is 12.9. The molecule has 0 bridgehead atoms. The quantitative estimate of drug-likeness (QED) is 0.321. The number of nitrogens with one attached hydrogen (secondary N) is 1. The zero-order valence-electron chi connectivity index (χ0n) is 18.0. The number of benzene rings is 3. The second-order valence-corrected chi connectivity index (χ2v) is 9.18. The number of ether oxygens (including phenoxy) is 2. The molecule has 3 aromatic carbocycles. The Bertz CT molecular complexity index is 1260. The van der Waals surface area contributed by atoms with E-state index in [0.717, 1.165) is 5.56 Å². The number of para-hydroxylation sites is 1. The highest BCUT2D eigenvalue weighted by Gasteiger charge is 2.33. The molecule has 1 saturated heterocycles. The number of halogens is 1. The number of thiocarbonyl (C=S) groups is 1. The number of thioether (sulfide) groups is 1. The standard InChI is InChI=1S/C25H19ClN2O4S2/c1-31-18-12-8-17(9-13-18)28-24(30)22(34-25(28)33)14-16-6-10-19(11-7-16)32-15-23(29)27-21-5-3-2-4-20(21)26/h2-14H,15H2,1H3,(H,27,29)/b22-14-. The number of hydrogen-bond donors (Lipinski definition) is 1. The van der Waals surface area contributed by atoms with Gasteiger partial charge < -0.3 is 14.8 Å². The van der Waals surface area contributed by atoms with Crippen LogP contribution in [0.5, 0.6) is 11.5 Å². The van der Waals surface area contributed by atoms with Gasteiger partial charge in [0, 0.05) is 0 Å². The average molecular weight is 511 g/mol. The Labute approximate surface area is 211 Å². The zero-order chi connectivity index (χ0) is 24.1. The molecule has 2 amide bonds. The van der Waals surface area contributed by atoms with E-state index < -0.39 is 0 Å². The Morgan fingerprint density at radius 3 is 2.41 bits per heavy atom. The van der Waals surface area contributed by atoms with Gasteiger partial charge in [0.15, 0.2) is 10.9 Å². The molecule has 6 nitrogen and oxygen atoms in total. The molecule has 0 unspecified atom stereocenters. The second-order valence-electron chi connectivity index (χ2n) is 7.10. The third kappa shape index (κ3) is 5.59. The molecular weight excluding hydrogens is 492 g/mol. The summed E-state index contributed by atoms with van der Waals surface area (Å²) in [6, 6.07) is 21.2. The van der Waals surface area contributed by atoms with Gasteiger partial charge in [0.25, 0.3) is 11.8 Å². The van der Waals surface area contributed by atoms with Crippen LogP contribution < -0.4 is 19.7 Å². The number of nitrogens with zero attached hydrogens (tertiary/aromatic N) is 1. The van der Waals surface area contributed by atoms with E-state index in [9.17, 15) is 9.59 Å². The number of anilines is 2. The van der Waals surface area contributed by atoms with Crippen LogP contribution in [0.15, 0.2) is 77.7 Å². The normalized spacial score (nSPS) is 14.4. The molecule has 1 heterocycles. The Balaban J connectivity index is 1.37. The van der Waals surface area contributed by atoms with Gasteiger partial charge in [-0.2, -0.15) is 0 Å². The van der Waals surface area contributed by atoms with E-state index in [4.69, 9.17) is 33.3 Å². The van der Waals surface area contributed by atoms with Gasteiger partial charge in [0.1, 0.15) is 11.5 Å². The molecule has 1 aliphatic heterocycles. The van der Waals surface area contributed by atoms with Crippen molar-refractivity contribution in [3.63, 3.8) is 0 Å². The van der Waals surface area contributed by atoms with Gasteiger partial charge in [-0.15, -0.1) is 0 Å². The van der Waals surface area contributed by atoms with Crippen LogP contribution in [0.1, 0.15) is 5.56 Å². The first-order valence-corrected chi connectivity index (χ1v) is 11.7. The number of hydrogen-bond acceptors (Lipinski definition) is 6. The third-order valence-electron chi connectivity index (χ3n) is 4.82. The van der Waals surface area contributed by atoms with E-state index in [-0.39, 0.29) is 18.4 Å². The topological polar surface area (TPSA) is 67.9 Å². The summed E-state index contributed by atoms with van der Waals surface area (Å²) < 4.78 is 11.2. The fourth-order valence-electron chi connectivity index (χ4n) is 3.13.